The first-order valence-electron chi connectivity index (χ1n) is 6.65. The largest absolute Gasteiger partial charge is 0.435 e. The van der Waals surface area contributed by atoms with Crippen molar-refractivity contribution in [1.82, 2.24) is 15.5 Å². The molecule has 0 fully saturated rings. The molecule has 118 valence electrons. The minimum absolute atomic E-state index is 0.00822. The lowest BCUT2D eigenvalue weighted by Gasteiger charge is -2.13. The summed E-state index contributed by atoms with van der Waals surface area (Å²) in [6.07, 6.45) is 0.569. The molecule has 1 amide bonds. The lowest BCUT2D eigenvalue weighted by atomic mass is 10.1. The summed E-state index contributed by atoms with van der Waals surface area (Å²) >= 11 is 0. The number of carbonyl (C=O) groups is 1. The molecule has 0 radical (unpaired) electrons. The molecule has 0 unspecified atom stereocenters. The van der Waals surface area contributed by atoms with Gasteiger partial charge in [0.2, 0.25) is 5.89 Å². The fourth-order valence-electron chi connectivity index (χ4n) is 1.82. The van der Waals surface area contributed by atoms with Crippen LogP contribution in [0.15, 0.2) is 28.8 Å². The van der Waals surface area contributed by atoms with Crippen LogP contribution < -0.4 is 10.1 Å². The first-order valence-corrected chi connectivity index (χ1v) is 6.65. The number of amides is 1. The first-order chi connectivity index (χ1) is 10.5. The van der Waals surface area contributed by atoms with Crippen LogP contribution in [0.5, 0.6) is 5.75 Å². The second-order valence-electron chi connectivity index (χ2n) is 4.52. The summed E-state index contributed by atoms with van der Waals surface area (Å²) in [5.41, 5.74) is 0.316. The topological polar surface area (TPSA) is 77.2 Å². The molecule has 8 heteroatoms. The summed E-state index contributed by atoms with van der Waals surface area (Å²) in [7, 11) is 0. The maximum absolute atomic E-state index is 12.1. The van der Waals surface area contributed by atoms with E-state index in [1.165, 1.54) is 24.3 Å². The molecule has 1 N–H and O–H groups in total. The average molecular weight is 311 g/mol. The van der Waals surface area contributed by atoms with Crippen molar-refractivity contribution in [3.63, 3.8) is 0 Å². The molecule has 1 aromatic heterocycles. The van der Waals surface area contributed by atoms with Crippen LogP contribution in [0.2, 0.25) is 0 Å². The molecular formula is C14H15F2N3O3. The van der Waals surface area contributed by atoms with E-state index in [4.69, 9.17) is 4.52 Å². The molecule has 0 saturated heterocycles. The highest BCUT2D eigenvalue weighted by Crippen LogP contribution is 2.17. The number of benzene rings is 1. The Morgan fingerprint density at radius 1 is 1.36 bits per heavy atom. The molecule has 0 aliphatic carbocycles. The highest BCUT2D eigenvalue weighted by atomic mass is 19.3. The zero-order valence-corrected chi connectivity index (χ0v) is 12.0. The third-order valence-corrected chi connectivity index (χ3v) is 2.90. The Kier molecular flexibility index (Phi) is 5.03. The van der Waals surface area contributed by atoms with Crippen molar-refractivity contribution in [3.8, 4) is 5.75 Å². The van der Waals surface area contributed by atoms with E-state index < -0.39 is 12.7 Å². The summed E-state index contributed by atoms with van der Waals surface area (Å²) in [6.45, 7) is 0.651. The van der Waals surface area contributed by atoms with Crippen molar-refractivity contribution in [3.05, 3.63) is 41.5 Å². The maximum Gasteiger partial charge on any atom is 0.387 e. The SMILES string of the molecule is CC[C@@H](NC(=O)c1ccc(OC(F)F)cc1)c1nc(C)no1. The molecule has 2 aromatic rings. The molecule has 0 bridgehead atoms. The van der Waals surface area contributed by atoms with Crippen LogP contribution in [-0.2, 0) is 0 Å². The normalized spacial score (nSPS) is 12.2. The smallest absolute Gasteiger partial charge is 0.387 e. The van der Waals surface area contributed by atoms with Gasteiger partial charge in [0, 0.05) is 5.56 Å². The predicted molar refractivity (Wildman–Crippen MR) is 72.6 cm³/mol. The number of hydrogen-bond acceptors (Lipinski definition) is 5. The van der Waals surface area contributed by atoms with Gasteiger partial charge in [0.1, 0.15) is 11.8 Å². The van der Waals surface area contributed by atoms with E-state index in [9.17, 15) is 13.6 Å². The lowest BCUT2D eigenvalue weighted by molar-refractivity contribution is -0.0498. The Labute approximate surface area is 125 Å². The highest BCUT2D eigenvalue weighted by Gasteiger charge is 2.19. The standard InChI is InChI=1S/C14H15F2N3O3/c1-3-11(13-17-8(2)19-22-13)18-12(20)9-4-6-10(7-5-9)21-14(15)16/h4-7,11,14H,3H2,1-2H3,(H,18,20)/t11-/m1/s1. The van der Waals surface area contributed by atoms with Gasteiger partial charge in [-0.15, -0.1) is 0 Å². The molecule has 0 spiro atoms. The molecule has 2 rings (SSSR count). The van der Waals surface area contributed by atoms with Gasteiger partial charge in [0.15, 0.2) is 5.82 Å². The first kappa shape index (κ1) is 15.9. The van der Waals surface area contributed by atoms with Crippen LogP contribution in [0.4, 0.5) is 8.78 Å². The van der Waals surface area contributed by atoms with Crippen LogP contribution in [0, 0.1) is 6.92 Å². The fraction of sp³-hybridized carbons (Fsp3) is 0.357. The maximum atomic E-state index is 12.1. The van der Waals surface area contributed by atoms with Gasteiger partial charge in [-0.25, -0.2) is 0 Å². The van der Waals surface area contributed by atoms with E-state index in [1.54, 1.807) is 6.92 Å². The zero-order valence-electron chi connectivity index (χ0n) is 12.0. The Bertz CT molecular complexity index is 629. The second kappa shape index (κ2) is 6.97. The average Bonchev–Trinajstić information content (AvgIpc) is 2.91. The fourth-order valence-corrected chi connectivity index (χ4v) is 1.82. The van der Waals surface area contributed by atoms with Crippen LogP contribution in [-0.4, -0.2) is 22.7 Å². The van der Waals surface area contributed by atoms with Crippen molar-refractivity contribution in [2.24, 2.45) is 0 Å². The van der Waals surface area contributed by atoms with Crippen molar-refractivity contribution in [2.45, 2.75) is 32.9 Å². The van der Waals surface area contributed by atoms with Gasteiger partial charge in [0.25, 0.3) is 5.91 Å². The summed E-state index contributed by atoms with van der Waals surface area (Å²) in [5.74, 6) is 0.430. The van der Waals surface area contributed by atoms with Crippen LogP contribution in [0.3, 0.4) is 0 Å². The minimum Gasteiger partial charge on any atom is -0.435 e. The monoisotopic (exact) mass is 311 g/mol. The number of nitrogens with zero attached hydrogens (tertiary/aromatic N) is 2. The van der Waals surface area contributed by atoms with E-state index in [1.807, 2.05) is 6.92 Å². The summed E-state index contributed by atoms with van der Waals surface area (Å²) in [6, 6.07) is 5.00. The van der Waals surface area contributed by atoms with Gasteiger partial charge in [-0.2, -0.15) is 13.8 Å². The molecular weight excluding hydrogens is 296 g/mol. The van der Waals surface area contributed by atoms with Crippen molar-refractivity contribution in [2.75, 3.05) is 0 Å². The minimum atomic E-state index is -2.90. The number of aromatic nitrogens is 2. The van der Waals surface area contributed by atoms with E-state index in [0.29, 0.717) is 23.7 Å². The highest BCUT2D eigenvalue weighted by molar-refractivity contribution is 5.94. The van der Waals surface area contributed by atoms with E-state index >= 15 is 0 Å². The summed E-state index contributed by atoms with van der Waals surface area (Å²) in [4.78, 5) is 16.2. The van der Waals surface area contributed by atoms with Crippen molar-refractivity contribution >= 4 is 5.91 Å². The van der Waals surface area contributed by atoms with Crippen LogP contribution >= 0.6 is 0 Å². The number of ether oxygens (including phenoxy) is 1. The van der Waals surface area contributed by atoms with E-state index in [0.717, 1.165) is 0 Å². The number of carbonyl (C=O) groups excluding carboxylic acids is 1. The van der Waals surface area contributed by atoms with Crippen LogP contribution in [0.1, 0.15) is 41.5 Å². The number of halogens is 2. The Hall–Kier alpha value is -2.51. The molecule has 1 heterocycles. The number of nitrogens with one attached hydrogen (secondary N) is 1. The number of hydrogen-bond donors (Lipinski definition) is 1. The molecule has 22 heavy (non-hydrogen) atoms. The van der Waals surface area contributed by atoms with E-state index in [-0.39, 0.29) is 11.7 Å². The van der Waals surface area contributed by atoms with Gasteiger partial charge in [-0.05, 0) is 37.6 Å². The number of rotatable bonds is 6. The predicted octanol–water partition coefficient (Wildman–Crippen LogP) is 2.86. The Morgan fingerprint density at radius 2 is 2.05 bits per heavy atom. The molecule has 0 aliphatic heterocycles. The second-order valence-corrected chi connectivity index (χ2v) is 4.52. The third-order valence-electron chi connectivity index (χ3n) is 2.90. The summed E-state index contributed by atoms with van der Waals surface area (Å²) < 4.78 is 33.4. The molecule has 0 aliphatic rings. The molecule has 0 saturated carbocycles. The Balaban J connectivity index is 2.04. The van der Waals surface area contributed by atoms with Crippen molar-refractivity contribution in [1.29, 1.82) is 0 Å². The van der Waals surface area contributed by atoms with Gasteiger partial charge in [0.05, 0.1) is 0 Å². The van der Waals surface area contributed by atoms with Crippen LogP contribution in [0.25, 0.3) is 0 Å². The number of alkyl halides is 2. The molecule has 1 aromatic carbocycles. The zero-order chi connectivity index (χ0) is 16.1. The van der Waals surface area contributed by atoms with Gasteiger partial charge in [-0.1, -0.05) is 12.1 Å². The molecule has 6 nitrogen and oxygen atoms in total. The quantitative estimate of drug-likeness (QED) is 0.887. The Morgan fingerprint density at radius 3 is 2.55 bits per heavy atom. The number of aryl methyl sites for hydroxylation is 1. The summed E-state index contributed by atoms with van der Waals surface area (Å²) in [5, 5.41) is 6.43. The van der Waals surface area contributed by atoms with Crippen molar-refractivity contribution < 1.29 is 22.8 Å². The van der Waals surface area contributed by atoms with Gasteiger partial charge in [-0.3, -0.25) is 4.79 Å². The lowest BCUT2D eigenvalue weighted by Crippen LogP contribution is -2.28. The van der Waals surface area contributed by atoms with Gasteiger partial charge >= 0.3 is 6.61 Å². The van der Waals surface area contributed by atoms with Gasteiger partial charge < -0.3 is 14.6 Å². The third kappa shape index (κ3) is 4.00. The molecule has 1 atom stereocenters. The van der Waals surface area contributed by atoms with E-state index in [2.05, 4.69) is 20.2 Å².